The van der Waals surface area contributed by atoms with Crippen molar-refractivity contribution in [3.63, 3.8) is 0 Å². The molecule has 1 aliphatic heterocycles. The number of primary amides is 1. The van der Waals surface area contributed by atoms with Gasteiger partial charge in [-0.3, -0.25) is 4.79 Å². The molecule has 1 saturated heterocycles. The molecule has 0 atom stereocenters. The standard InChI is InChI=1S/C12H19N3O3S2/c1-8-11(7-10(19-8)12(13)16)20(17,18)15-5-3-9(14-2)4-6-15/h7,9,14H,3-6H2,1-2H3,(H2,13,16). The second-order valence-corrected chi connectivity index (χ2v) is 8.03. The minimum Gasteiger partial charge on any atom is -0.365 e. The smallest absolute Gasteiger partial charge is 0.258 e. The average molecular weight is 317 g/mol. The molecule has 1 aromatic heterocycles. The Morgan fingerprint density at radius 2 is 2.05 bits per heavy atom. The molecule has 1 fully saturated rings. The average Bonchev–Trinajstić information content (AvgIpc) is 2.82. The fraction of sp³-hybridized carbons (Fsp3) is 0.583. The molecule has 6 nitrogen and oxygen atoms in total. The van der Waals surface area contributed by atoms with Crippen molar-refractivity contribution in [1.82, 2.24) is 9.62 Å². The minimum absolute atomic E-state index is 0.208. The van der Waals surface area contributed by atoms with Crippen LogP contribution in [-0.2, 0) is 10.0 Å². The van der Waals surface area contributed by atoms with E-state index in [1.165, 1.54) is 10.4 Å². The number of piperidine rings is 1. The lowest BCUT2D eigenvalue weighted by molar-refractivity contribution is 0.100. The van der Waals surface area contributed by atoms with E-state index in [0.29, 0.717) is 24.0 Å². The third-order valence-corrected chi connectivity index (χ3v) is 6.81. The van der Waals surface area contributed by atoms with Crippen molar-refractivity contribution in [3.05, 3.63) is 15.8 Å². The Balaban J connectivity index is 2.25. The highest BCUT2D eigenvalue weighted by Gasteiger charge is 2.31. The van der Waals surface area contributed by atoms with Crippen LogP contribution in [0.1, 0.15) is 27.4 Å². The molecule has 1 aliphatic rings. The van der Waals surface area contributed by atoms with Crippen LogP contribution in [0.5, 0.6) is 0 Å². The van der Waals surface area contributed by atoms with E-state index in [1.54, 1.807) is 6.92 Å². The van der Waals surface area contributed by atoms with Crippen LogP contribution >= 0.6 is 11.3 Å². The zero-order valence-corrected chi connectivity index (χ0v) is 13.2. The van der Waals surface area contributed by atoms with Crippen molar-refractivity contribution in [3.8, 4) is 0 Å². The second kappa shape index (κ2) is 5.80. The third kappa shape index (κ3) is 2.88. The highest BCUT2D eigenvalue weighted by atomic mass is 32.2. The quantitative estimate of drug-likeness (QED) is 0.847. The number of thiophene rings is 1. The predicted molar refractivity (Wildman–Crippen MR) is 78.4 cm³/mol. The molecule has 0 aromatic carbocycles. The summed E-state index contributed by atoms with van der Waals surface area (Å²) in [5, 5.41) is 3.17. The molecule has 8 heteroatoms. The van der Waals surface area contributed by atoms with Crippen molar-refractivity contribution in [2.75, 3.05) is 20.1 Å². The van der Waals surface area contributed by atoms with Crippen molar-refractivity contribution in [2.24, 2.45) is 5.73 Å². The van der Waals surface area contributed by atoms with Crippen LogP contribution in [0.3, 0.4) is 0 Å². The van der Waals surface area contributed by atoms with Crippen molar-refractivity contribution >= 4 is 27.3 Å². The molecule has 0 spiro atoms. The van der Waals surface area contributed by atoms with E-state index >= 15 is 0 Å². The highest BCUT2D eigenvalue weighted by molar-refractivity contribution is 7.89. The molecule has 0 saturated carbocycles. The Kier molecular flexibility index (Phi) is 4.48. The van der Waals surface area contributed by atoms with Crippen LogP contribution in [0.2, 0.25) is 0 Å². The van der Waals surface area contributed by atoms with Gasteiger partial charge >= 0.3 is 0 Å². The van der Waals surface area contributed by atoms with Gasteiger partial charge in [-0.1, -0.05) is 0 Å². The van der Waals surface area contributed by atoms with E-state index in [4.69, 9.17) is 5.73 Å². The molecule has 3 N–H and O–H groups in total. The van der Waals surface area contributed by atoms with Gasteiger partial charge in [-0.15, -0.1) is 11.3 Å². The zero-order valence-electron chi connectivity index (χ0n) is 11.5. The molecule has 20 heavy (non-hydrogen) atoms. The molecule has 0 bridgehead atoms. The van der Waals surface area contributed by atoms with Gasteiger partial charge in [-0.2, -0.15) is 4.31 Å². The number of sulfonamides is 1. The first-order chi connectivity index (χ1) is 9.36. The molecule has 0 radical (unpaired) electrons. The Labute approximate surface area is 123 Å². The first-order valence-electron chi connectivity index (χ1n) is 6.44. The van der Waals surface area contributed by atoms with Crippen molar-refractivity contribution < 1.29 is 13.2 Å². The number of rotatable bonds is 4. The van der Waals surface area contributed by atoms with Crippen LogP contribution in [0, 0.1) is 6.92 Å². The summed E-state index contributed by atoms with van der Waals surface area (Å²) in [5.74, 6) is -0.589. The topological polar surface area (TPSA) is 92.5 Å². The van der Waals surface area contributed by atoms with Crippen LogP contribution in [-0.4, -0.2) is 44.8 Å². The summed E-state index contributed by atoms with van der Waals surface area (Å²) in [6, 6.07) is 1.76. The van der Waals surface area contributed by atoms with Gasteiger partial charge in [0.15, 0.2) is 0 Å². The first-order valence-corrected chi connectivity index (χ1v) is 8.69. The monoisotopic (exact) mass is 317 g/mol. The summed E-state index contributed by atoms with van der Waals surface area (Å²) in [4.78, 5) is 12.3. The Hall–Kier alpha value is -0.960. The third-order valence-electron chi connectivity index (χ3n) is 3.60. The SMILES string of the molecule is CNC1CCN(S(=O)(=O)c2cc(C(N)=O)sc2C)CC1. The number of nitrogens with two attached hydrogens (primary N) is 1. The first kappa shape index (κ1) is 15.4. The molecule has 0 aliphatic carbocycles. The van der Waals surface area contributed by atoms with Gasteiger partial charge in [0.2, 0.25) is 10.0 Å². The molecule has 0 unspecified atom stereocenters. The molecule has 112 valence electrons. The van der Waals surface area contributed by atoms with Gasteiger partial charge in [-0.05, 0) is 32.9 Å². The maximum atomic E-state index is 12.6. The summed E-state index contributed by atoms with van der Waals surface area (Å²) in [6.45, 7) is 2.69. The van der Waals surface area contributed by atoms with E-state index in [1.807, 2.05) is 7.05 Å². The van der Waals surface area contributed by atoms with Crippen molar-refractivity contribution in [1.29, 1.82) is 0 Å². The fourth-order valence-electron chi connectivity index (χ4n) is 2.37. The maximum Gasteiger partial charge on any atom is 0.258 e. The van der Waals surface area contributed by atoms with Gasteiger partial charge in [0.1, 0.15) is 0 Å². The van der Waals surface area contributed by atoms with Gasteiger partial charge in [0.25, 0.3) is 5.91 Å². The van der Waals surface area contributed by atoms with E-state index in [0.717, 1.165) is 24.2 Å². The summed E-state index contributed by atoms with van der Waals surface area (Å²) in [6.07, 6.45) is 1.59. The Morgan fingerprint density at radius 3 is 2.50 bits per heavy atom. The zero-order chi connectivity index (χ0) is 14.9. The lowest BCUT2D eigenvalue weighted by Crippen LogP contribution is -2.43. The largest absolute Gasteiger partial charge is 0.365 e. The van der Waals surface area contributed by atoms with E-state index in [9.17, 15) is 13.2 Å². The van der Waals surface area contributed by atoms with E-state index < -0.39 is 15.9 Å². The number of carbonyl (C=O) groups is 1. The summed E-state index contributed by atoms with van der Waals surface area (Å²) in [7, 11) is -1.64. The van der Waals surface area contributed by atoms with Gasteiger partial charge in [0, 0.05) is 24.0 Å². The Bertz CT molecular complexity index is 601. The van der Waals surface area contributed by atoms with E-state index in [-0.39, 0.29) is 9.77 Å². The van der Waals surface area contributed by atoms with Crippen LogP contribution in [0.15, 0.2) is 11.0 Å². The summed E-state index contributed by atoms with van der Waals surface area (Å²) >= 11 is 1.13. The molecular weight excluding hydrogens is 298 g/mol. The predicted octanol–water partition coefficient (Wildman–Crippen LogP) is 0.528. The summed E-state index contributed by atoms with van der Waals surface area (Å²) in [5.41, 5.74) is 5.21. The van der Waals surface area contributed by atoms with Gasteiger partial charge < -0.3 is 11.1 Å². The van der Waals surface area contributed by atoms with Crippen LogP contribution in [0.25, 0.3) is 0 Å². The number of hydrogen-bond acceptors (Lipinski definition) is 5. The lowest BCUT2D eigenvalue weighted by atomic mass is 10.1. The van der Waals surface area contributed by atoms with Gasteiger partial charge in [-0.25, -0.2) is 8.42 Å². The number of nitrogens with one attached hydrogen (secondary N) is 1. The van der Waals surface area contributed by atoms with Crippen LogP contribution in [0.4, 0.5) is 0 Å². The van der Waals surface area contributed by atoms with Crippen LogP contribution < -0.4 is 11.1 Å². The lowest BCUT2D eigenvalue weighted by Gasteiger charge is -2.30. The molecular formula is C12H19N3O3S2. The number of nitrogens with zero attached hydrogens (tertiary/aromatic N) is 1. The number of amides is 1. The maximum absolute atomic E-state index is 12.6. The molecule has 1 amide bonds. The molecule has 2 rings (SSSR count). The molecule has 2 heterocycles. The summed E-state index contributed by atoms with van der Waals surface area (Å²) < 4.78 is 26.7. The minimum atomic E-state index is -3.53. The number of hydrogen-bond donors (Lipinski definition) is 2. The molecule has 1 aromatic rings. The number of carbonyl (C=O) groups excluding carboxylic acids is 1. The highest BCUT2D eigenvalue weighted by Crippen LogP contribution is 2.29. The fourth-order valence-corrected chi connectivity index (χ4v) is 5.25. The van der Waals surface area contributed by atoms with E-state index in [2.05, 4.69) is 5.32 Å². The van der Waals surface area contributed by atoms with Crippen molar-refractivity contribution in [2.45, 2.75) is 30.7 Å². The normalized spacial score (nSPS) is 18.3. The number of aryl methyl sites for hydroxylation is 1. The Morgan fingerprint density at radius 1 is 1.45 bits per heavy atom. The second-order valence-electron chi connectivity index (χ2n) is 4.86. The van der Waals surface area contributed by atoms with Gasteiger partial charge in [0.05, 0.1) is 9.77 Å².